The fourth-order valence-electron chi connectivity index (χ4n) is 1.59. The van der Waals surface area contributed by atoms with E-state index in [4.69, 9.17) is 16.9 Å². The first-order valence-electron chi connectivity index (χ1n) is 5.59. The smallest absolute Gasteiger partial charge is 0.142 e. The van der Waals surface area contributed by atoms with Crippen LogP contribution in [0.4, 0.5) is 4.39 Å². The highest BCUT2D eigenvalue weighted by Crippen LogP contribution is 2.17. The van der Waals surface area contributed by atoms with Gasteiger partial charge in [-0.25, -0.2) is 4.39 Å². The lowest BCUT2D eigenvalue weighted by atomic mass is 10.1. The van der Waals surface area contributed by atoms with Crippen LogP contribution in [0.2, 0.25) is 5.02 Å². The maximum atomic E-state index is 13.3. The predicted molar refractivity (Wildman–Crippen MR) is 67.2 cm³/mol. The topological polar surface area (TPSA) is 27.0 Å². The Morgan fingerprint density at radius 2 is 2.18 bits per heavy atom. The summed E-state index contributed by atoms with van der Waals surface area (Å²) in [4.78, 5) is 2.13. The Morgan fingerprint density at radius 1 is 1.47 bits per heavy atom. The van der Waals surface area contributed by atoms with E-state index in [9.17, 15) is 4.39 Å². The van der Waals surface area contributed by atoms with Crippen LogP contribution < -0.4 is 0 Å². The van der Waals surface area contributed by atoms with Crippen molar-refractivity contribution < 1.29 is 4.39 Å². The molecule has 0 radical (unpaired) electrons. The van der Waals surface area contributed by atoms with Gasteiger partial charge >= 0.3 is 0 Å². The Labute approximate surface area is 107 Å². The fourth-order valence-corrected chi connectivity index (χ4v) is 1.70. The summed E-state index contributed by atoms with van der Waals surface area (Å²) in [6.07, 6.45) is 0.480. The molecule has 0 saturated heterocycles. The zero-order valence-electron chi connectivity index (χ0n) is 10.1. The molecular formula is C13H16ClFN2. The van der Waals surface area contributed by atoms with Crippen LogP contribution in [0.15, 0.2) is 18.2 Å². The van der Waals surface area contributed by atoms with Crippen molar-refractivity contribution in [2.45, 2.75) is 32.9 Å². The second-order valence-corrected chi connectivity index (χ2v) is 4.63. The highest BCUT2D eigenvalue weighted by molar-refractivity contribution is 6.30. The second-order valence-electron chi connectivity index (χ2n) is 4.22. The standard InChI is InChI=1S/C13H16ClFN2/c1-10(2)17(7-3-6-16)9-11-4-5-12(14)13(15)8-11/h4-5,8,10H,3,7,9H2,1-2H3. The van der Waals surface area contributed by atoms with Gasteiger partial charge in [-0.05, 0) is 31.5 Å². The van der Waals surface area contributed by atoms with Gasteiger partial charge in [-0.15, -0.1) is 0 Å². The van der Waals surface area contributed by atoms with Gasteiger partial charge in [-0.2, -0.15) is 5.26 Å². The van der Waals surface area contributed by atoms with E-state index in [1.807, 2.05) is 6.07 Å². The zero-order valence-corrected chi connectivity index (χ0v) is 10.8. The van der Waals surface area contributed by atoms with E-state index >= 15 is 0 Å². The molecule has 1 rings (SSSR count). The second kappa shape index (κ2) is 6.58. The number of hydrogen-bond acceptors (Lipinski definition) is 2. The minimum absolute atomic E-state index is 0.141. The van der Waals surface area contributed by atoms with E-state index in [0.29, 0.717) is 25.6 Å². The quantitative estimate of drug-likeness (QED) is 0.803. The summed E-state index contributed by atoms with van der Waals surface area (Å²) in [5, 5.41) is 8.73. The molecule has 0 aliphatic heterocycles. The van der Waals surface area contributed by atoms with E-state index in [1.165, 1.54) is 6.07 Å². The third-order valence-electron chi connectivity index (χ3n) is 2.61. The maximum absolute atomic E-state index is 13.3. The number of nitrogens with zero attached hydrogens (tertiary/aromatic N) is 2. The largest absolute Gasteiger partial charge is 0.296 e. The number of nitriles is 1. The van der Waals surface area contributed by atoms with Gasteiger partial charge in [0.2, 0.25) is 0 Å². The first-order chi connectivity index (χ1) is 8.04. The molecule has 0 unspecified atom stereocenters. The average molecular weight is 255 g/mol. The summed E-state index contributed by atoms with van der Waals surface area (Å²) in [6.45, 7) is 5.44. The molecule has 0 heterocycles. The third-order valence-corrected chi connectivity index (χ3v) is 2.92. The van der Waals surface area contributed by atoms with Gasteiger partial charge < -0.3 is 0 Å². The lowest BCUT2D eigenvalue weighted by molar-refractivity contribution is 0.217. The summed E-state index contributed by atoms with van der Waals surface area (Å²) in [5.41, 5.74) is 0.874. The molecule has 0 bridgehead atoms. The highest BCUT2D eigenvalue weighted by Gasteiger charge is 2.10. The fraction of sp³-hybridized carbons (Fsp3) is 0.462. The molecule has 0 amide bonds. The third kappa shape index (κ3) is 4.33. The Bertz CT molecular complexity index is 412. The van der Waals surface area contributed by atoms with Crippen LogP contribution in [0.1, 0.15) is 25.8 Å². The van der Waals surface area contributed by atoms with Crippen molar-refractivity contribution in [2.24, 2.45) is 0 Å². The van der Waals surface area contributed by atoms with Crippen LogP contribution in [0.3, 0.4) is 0 Å². The molecule has 0 aliphatic carbocycles. The highest BCUT2D eigenvalue weighted by atomic mass is 35.5. The SMILES string of the molecule is CC(C)N(CCC#N)Cc1ccc(Cl)c(F)c1. The van der Waals surface area contributed by atoms with E-state index in [-0.39, 0.29) is 5.02 Å². The average Bonchev–Trinajstić information content (AvgIpc) is 2.28. The van der Waals surface area contributed by atoms with Crippen LogP contribution in [0.5, 0.6) is 0 Å². The Balaban J connectivity index is 2.72. The summed E-state index contributed by atoms with van der Waals surface area (Å²) >= 11 is 5.63. The molecular weight excluding hydrogens is 239 g/mol. The Kier molecular flexibility index (Phi) is 5.40. The summed E-state index contributed by atoms with van der Waals surface area (Å²) in [5.74, 6) is -0.395. The molecule has 0 fully saturated rings. The normalized spacial score (nSPS) is 10.9. The minimum Gasteiger partial charge on any atom is -0.296 e. The van der Waals surface area contributed by atoms with Gasteiger partial charge in [0.05, 0.1) is 11.1 Å². The molecule has 4 heteroatoms. The van der Waals surface area contributed by atoms with E-state index in [0.717, 1.165) is 5.56 Å². The number of rotatable bonds is 5. The van der Waals surface area contributed by atoms with Gasteiger partial charge in [-0.3, -0.25) is 4.90 Å². The first kappa shape index (κ1) is 14.0. The molecule has 0 aromatic heterocycles. The van der Waals surface area contributed by atoms with Crippen LogP contribution in [-0.4, -0.2) is 17.5 Å². The molecule has 2 nitrogen and oxygen atoms in total. The van der Waals surface area contributed by atoms with Crippen LogP contribution in [0.25, 0.3) is 0 Å². The lowest BCUT2D eigenvalue weighted by Crippen LogP contribution is -2.31. The number of benzene rings is 1. The van der Waals surface area contributed by atoms with Gasteiger partial charge in [-0.1, -0.05) is 17.7 Å². The zero-order chi connectivity index (χ0) is 12.8. The van der Waals surface area contributed by atoms with Gasteiger partial charge in [0, 0.05) is 25.6 Å². The minimum atomic E-state index is -0.395. The predicted octanol–water partition coefficient (Wildman–Crippen LogP) is 3.60. The monoisotopic (exact) mass is 254 g/mol. The Morgan fingerprint density at radius 3 is 2.71 bits per heavy atom. The molecule has 17 heavy (non-hydrogen) atoms. The van der Waals surface area contributed by atoms with Crippen LogP contribution >= 0.6 is 11.6 Å². The van der Waals surface area contributed by atoms with Crippen molar-refractivity contribution >= 4 is 11.6 Å². The molecule has 0 spiro atoms. The summed E-state index contributed by atoms with van der Waals surface area (Å²) in [6, 6.07) is 7.27. The molecule has 1 aromatic carbocycles. The van der Waals surface area contributed by atoms with Crippen molar-refractivity contribution in [1.29, 1.82) is 5.26 Å². The van der Waals surface area contributed by atoms with E-state index in [1.54, 1.807) is 6.07 Å². The first-order valence-corrected chi connectivity index (χ1v) is 5.97. The van der Waals surface area contributed by atoms with Gasteiger partial charge in [0.25, 0.3) is 0 Å². The van der Waals surface area contributed by atoms with Crippen LogP contribution in [0, 0.1) is 17.1 Å². The molecule has 0 N–H and O–H groups in total. The van der Waals surface area contributed by atoms with Crippen LogP contribution in [-0.2, 0) is 6.54 Å². The lowest BCUT2D eigenvalue weighted by Gasteiger charge is -2.25. The summed E-state index contributed by atoms with van der Waals surface area (Å²) < 4.78 is 13.3. The van der Waals surface area contributed by atoms with Crippen molar-refractivity contribution in [3.8, 4) is 6.07 Å². The van der Waals surface area contributed by atoms with Crippen molar-refractivity contribution in [3.05, 3.63) is 34.6 Å². The molecule has 0 saturated carbocycles. The van der Waals surface area contributed by atoms with Crippen molar-refractivity contribution in [2.75, 3.05) is 6.54 Å². The molecule has 92 valence electrons. The van der Waals surface area contributed by atoms with E-state index in [2.05, 4.69) is 24.8 Å². The van der Waals surface area contributed by atoms with E-state index < -0.39 is 5.82 Å². The van der Waals surface area contributed by atoms with Gasteiger partial charge in [0.15, 0.2) is 0 Å². The van der Waals surface area contributed by atoms with Crippen molar-refractivity contribution in [3.63, 3.8) is 0 Å². The molecule has 0 aliphatic rings. The number of hydrogen-bond donors (Lipinski definition) is 0. The number of halogens is 2. The summed E-state index contributed by atoms with van der Waals surface area (Å²) in [7, 11) is 0. The van der Waals surface area contributed by atoms with Crippen molar-refractivity contribution in [1.82, 2.24) is 4.90 Å². The van der Waals surface area contributed by atoms with Gasteiger partial charge in [0.1, 0.15) is 5.82 Å². The Hall–Kier alpha value is -1.11. The molecule has 0 atom stereocenters. The molecule has 1 aromatic rings. The maximum Gasteiger partial charge on any atom is 0.142 e.